The van der Waals surface area contributed by atoms with Crippen LogP contribution in [0.4, 0.5) is 0 Å². The molecule has 0 aromatic carbocycles. The molecule has 0 radical (unpaired) electrons. The summed E-state index contributed by atoms with van der Waals surface area (Å²) in [6.07, 6.45) is 6.31. The molecular weight excluding hydrogens is 248 g/mol. The lowest BCUT2D eigenvalue weighted by atomic mass is 9.85. The number of piperidine rings is 1. The van der Waals surface area contributed by atoms with Crippen molar-refractivity contribution in [3.05, 3.63) is 0 Å². The van der Waals surface area contributed by atoms with E-state index in [0.717, 1.165) is 63.5 Å². The third kappa shape index (κ3) is 3.18. The smallest absolute Gasteiger partial charge is 0.242 e. The number of likely N-dealkylation sites (tertiary alicyclic amines) is 1. The number of rotatable bonds is 2. The zero-order valence-electron chi connectivity index (χ0n) is 11.7. The summed E-state index contributed by atoms with van der Waals surface area (Å²) in [6, 6.07) is 0. The van der Waals surface area contributed by atoms with Crippen molar-refractivity contribution in [2.75, 3.05) is 13.1 Å². The molecule has 0 atom stereocenters. The summed E-state index contributed by atoms with van der Waals surface area (Å²) in [6.45, 7) is 6.40. The summed E-state index contributed by atoms with van der Waals surface area (Å²) in [5.74, 6) is 1.75. The highest BCUT2D eigenvalue weighted by atomic mass is 35.5. The minimum atomic E-state index is -0.523. The van der Waals surface area contributed by atoms with E-state index in [-0.39, 0.29) is 18.3 Å². The zero-order chi connectivity index (χ0) is 12.5. The predicted molar refractivity (Wildman–Crippen MR) is 76.8 cm³/mol. The van der Waals surface area contributed by atoms with Gasteiger partial charge in [0.05, 0.1) is 5.54 Å². The van der Waals surface area contributed by atoms with Gasteiger partial charge in [0.1, 0.15) is 0 Å². The van der Waals surface area contributed by atoms with Crippen LogP contribution in [0, 0.1) is 11.8 Å². The highest BCUT2D eigenvalue weighted by Crippen LogP contribution is 2.31. The fourth-order valence-electron chi connectivity index (χ4n) is 3.30. The van der Waals surface area contributed by atoms with Crippen molar-refractivity contribution in [3.8, 4) is 0 Å². The topological polar surface area (TPSA) is 46.3 Å². The summed E-state index contributed by atoms with van der Waals surface area (Å²) in [5.41, 5.74) is 5.71. The second kappa shape index (κ2) is 6.25. The van der Waals surface area contributed by atoms with Crippen molar-refractivity contribution in [3.63, 3.8) is 0 Å². The molecule has 0 unspecified atom stereocenters. The highest BCUT2D eigenvalue weighted by molar-refractivity contribution is 5.86. The Labute approximate surface area is 117 Å². The summed E-state index contributed by atoms with van der Waals surface area (Å²) < 4.78 is 0. The quantitative estimate of drug-likeness (QED) is 0.841. The number of hydrogen-bond acceptors (Lipinski definition) is 2. The van der Waals surface area contributed by atoms with Crippen molar-refractivity contribution >= 4 is 18.3 Å². The Morgan fingerprint density at radius 1 is 1.22 bits per heavy atom. The average molecular weight is 275 g/mol. The fraction of sp³-hybridized carbons (Fsp3) is 0.929. The molecule has 1 aliphatic heterocycles. The molecule has 0 spiro atoms. The van der Waals surface area contributed by atoms with Gasteiger partial charge in [0, 0.05) is 13.1 Å². The predicted octanol–water partition coefficient (Wildman–Crippen LogP) is 2.57. The van der Waals surface area contributed by atoms with Crippen molar-refractivity contribution in [1.82, 2.24) is 4.90 Å². The summed E-state index contributed by atoms with van der Waals surface area (Å²) >= 11 is 0. The van der Waals surface area contributed by atoms with Gasteiger partial charge < -0.3 is 10.6 Å². The standard InChI is InChI=1S/C14H26N2O.ClH/c1-11(2)12-5-9-16(10-6-12)13(17)14(15)7-3-4-8-14;/h11-12H,3-10,15H2,1-2H3;1H. The van der Waals surface area contributed by atoms with Crippen LogP contribution in [0.2, 0.25) is 0 Å². The van der Waals surface area contributed by atoms with Crippen LogP contribution in [-0.2, 0) is 4.79 Å². The second-order valence-electron chi connectivity index (χ2n) is 6.24. The van der Waals surface area contributed by atoms with Gasteiger partial charge in [-0.25, -0.2) is 0 Å². The summed E-state index contributed by atoms with van der Waals surface area (Å²) in [7, 11) is 0. The number of hydrogen-bond donors (Lipinski definition) is 1. The second-order valence-corrected chi connectivity index (χ2v) is 6.24. The van der Waals surface area contributed by atoms with E-state index in [0.29, 0.717) is 0 Å². The molecule has 0 bridgehead atoms. The molecule has 0 aromatic heterocycles. The first-order valence-corrected chi connectivity index (χ1v) is 7.11. The van der Waals surface area contributed by atoms with Gasteiger partial charge in [-0.15, -0.1) is 12.4 Å². The molecule has 0 aromatic rings. The number of nitrogens with two attached hydrogens (primary N) is 1. The van der Waals surface area contributed by atoms with Crippen LogP contribution in [0.25, 0.3) is 0 Å². The highest BCUT2D eigenvalue weighted by Gasteiger charge is 2.40. The van der Waals surface area contributed by atoms with E-state index in [1.807, 2.05) is 4.90 Å². The third-order valence-corrected chi connectivity index (χ3v) is 4.69. The Morgan fingerprint density at radius 2 is 1.72 bits per heavy atom. The van der Waals surface area contributed by atoms with Crippen LogP contribution in [-0.4, -0.2) is 29.4 Å². The molecule has 2 fully saturated rings. The number of carbonyl (C=O) groups excluding carboxylic acids is 1. The first-order valence-electron chi connectivity index (χ1n) is 7.11. The molecule has 106 valence electrons. The van der Waals surface area contributed by atoms with Crippen LogP contribution in [0.5, 0.6) is 0 Å². The van der Waals surface area contributed by atoms with Gasteiger partial charge in [0.25, 0.3) is 0 Å². The lowest BCUT2D eigenvalue weighted by molar-refractivity contribution is -0.138. The normalized spacial score (nSPS) is 24.1. The van der Waals surface area contributed by atoms with E-state index in [4.69, 9.17) is 5.73 Å². The molecule has 1 saturated carbocycles. The molecule has 1 saturated heterocycles. The Balaban J connectivity index is 0.00000162. The largest absolute Gasteiger partial charge is 0.341 e. The van der Waals surface area contributed by atoms with E-state index >= 15 is 0 Å². The zero-order valence-corrected chi connectivity index (χ0v) is 12.5. The average Bonchev–Trinajstić information content (AvgIpc) is 2.76. The third-order valence-electron chi connectivity index (χ3n) is 4.69. The van der Waals surface area contributed by atoms with Crippen LogP contribution in [0.15, 0.2) is 0 Å². The first-order chi connectivity index (χ1) is 8.03. The van der Waals surface area contributed by atoms with Crippen molar-refractivity contribution in [2.45, 2.75) is 57.9 Å². The summed E-state index contributed by atoms with van der Waals surface area (Å²) in [5, 5.41) is 0. The van der Waals surface area contributed by atoms with E-state index < -0.39 is 5.54 Å². The van der Waals surface area contributed by atoms with Gasteiger partial charge in [0.2, 0.25) is 5.91 Å². The molecule has 2 rings (SSSR count). The van der Waals surface area contributed by atoms with E-state index in [1.54, 1.807) is 0 Å². The molecule has 18 heavy (non-hydrogen) atoms. The van der Waals surface area contributed by atoms with Crippen LogP contribution >= 0.6 is 12.4 Å². The van der Waals surface area contributed by atoms with Gasteiger partial charge in [0.15, 0.2) is 0 Å². The molecule has 1 amide bonds. The van der Waals surface area contributed by atoms with Crippen molar-refractivity contribution in [1.29, 1.82) is 0 Å². The van der Waals surface area contributed by atoms with Gasteiger partial charge in [-0.1, -0.05) is 26.7 Å². The molecular formula is C14H27ClN2O. The fourth-order valence-corrected chi connectivity index (χ4v) is 3.30. The van der Waals surface area contributed by atoms with Gasteiger partial charge in [-0.2, -0.15) is 0 Å². The van der Waals surface area contributed by atoms with Gasteiger partial charge >= 0.3 is 0 Å². The molecule has 1 aliphatic carbocycles. The molecule has 2 N–H and O–H groups in total. The SMILES string of the molecule is CC(C)C1CCN(C(=O)C2(N)CCCC2)CC1.Cl. The van der Waals surface area contributed by atoms with Crippen molar-refractivity contribution in [2.24, 2.45) is 17.6 Å². The Kier molecular flexibility index (Phi) is 5.47. The maximum absolute atomic E-state index is 12.4. The van der Waals surface area contributed by atoms with Gasteiger partial charge in [-0.3, -0.25) is 4.79 Å². The Bertz CT molecular complexity index is 280. The van der Waals surface area contributed by atoms with Crippen LogP contribution in [0.1, 0.15) is 52.4 Å². The lowest BCUT2D eigenvalue weighted by Crippen LogP contribution is -2.55. The maximum Gasteiger partial charge on any atom is 0.242 e. The van der Waals surface area contributed by atoms with E-state index in [1.165, 1.54) is 0 Å². The Hall–Kier alpha value is -0.280. The summed E-state index contributed by atoms with van der Waals surface area (Å²) in [4.78, 5) is 14.4. The molecule has 4 heteroatoms. The molecule has 1 heterocycles. The number of amides is 1. The number of halogens is 1. The number of carbonyl (C=O) groups is 1. The lowest BCUT2D eigenvalue weighted by Gasteiger charge is -2.38. The monoisotopic (exact) mass is 274 g/mol. The minimum Gasteiger partial charge on any atom is -0.341 e. The van der Waals surface area contributed by atoms with Crippen LogP contribution in [0.3, 0.4) is 0 Å². The minimum absolute atomic E-state index is 0. The van der Waals surface area contributed by atoms with E-state index in [9.17, 15) is 4.79 Å². The number of nitrogens with zero attached hydrogens (tertiary/aromatic N) is 1. The molecule has 3 nitrogen and oxygen atoms in total. The van der Waals surface area contributed by atoms with Crippen LogP contribution < -0.4 is 5.73 Å². The Morgan fingerprint density at radius 3 is 2.17 bits per heavy atom. The van der Waals surface area contributed by atoms with Gasteiger partial charge in [-0.05, 0) is 37.5 Å². The molecule has 2 aliphatic rings. The maximum atomic E-state index is 12.4. The van der Waals surface area contributed by atoms with E-state index in [2.05, 4.69) is 13.8 Å². The van der Waals surface area contributed by atoms with Crippen molar-refractivity contribution < 1.29 is 4.79 Å². The first kappa shape index (κ1) is 15.8.